The van der Waals surface area contributed by atoms with Gasteiger partial charge in [-0.2, -0.15) is 0 Å². The molecular formula is C22H22O6. The maximum Gasteiger partial charge on any atom is 0.372 e. The molecule has 0 aliphatic heterocycles. The average molecular weight is 382 g/mol. The van der Waals surface area contributed by atoms with Gasteiger partial charge in [0, 0.05) is 10.9 Å². The number of fused-ring (bicyclic) bond motifs is 1. The smallest absolute Gasteiger partial charge is 0.372 e. The molecule has 6 heteroatoms. The summed E-state index contributed by atoms with van der Waals surface area (Å²) >= 11 is 0. The highest BCUT2D eigenvalue weighted by molar-refractivity contribution is 6.05. The van der Waals surface area contributed by atoms with Gasteiger partial charge in [-0.3, -0.25) is 0 Å². The summed E-state index contributed by atoms with van der Waals surface area (Å²) in [5.74, 6) is -0.579. The van der Waals surface area contributed by atoms with Crippen LogP contribution in [0.5, 0.6) is 11.5 Å². The van der Waals surface area contributed by atoms with Gasteiger partial charge in [-0.1, -0.05) is 38.1 Å². The summed E-state index contributed by atoms with van der Waals surface area (Å²) in [6.07, 6.45) is 1.67. The Morgan fingerprint density at radius 1 is 0.964 bits per heavy atom. The second-order valence-electron chi connectivity index (χ2n) is 6.30. The third-order valence-electron chi connectivity index (χ3n) is 4.19. The van der Waals surface area contributed by atoms with Crippen LogP contribution in [-0.4, -0.2) is 24.3 Å². The molecule has 1 heterocycles. The molecule has 2 aromatic carbocycles. The van der Waals surface area contributed by atoms with E-state index in [1.165, 1.54) is 0 Å². The fourth-order valence-electron chi connectivity index (χ4n) is 2.96. The summed E-state index contributed by atoms with van der Waals surface area (Å²) in [5, 5.41) is 10.4. The van der Waals surface area contributed by atoms with Crippen molar-refractivity contribution in [3.63, 3.8) is 0 Å². The van der Waals surface area contributed by atoms with Gasteiger partial charge in [0.25, 0.3) is 0 Å². The van der Waals surface area contributed by atoms with E-state index in [-0.39, 0.29) is 0 Å². The second-order valence-corrected chi connectivity index (χ2v) is 6.30. The number of aromatic carboxylic acids is 1. The largest absolute Gasteiger partial charge is 0.490 e. The number of carbonyl (C=O) groups is 1. The summed E-state index contributed by atoms with van der Waals surface area (Å²) in [6, 6.07) is 12.0. The van der Waals surface area contributed by atoms with Crippen LogP contribution in [0.25, 0.3) is 21.9 Å². The third-order valence-corrected chi connectivity index (χ3v) is 4.19. The monoisotopic (exact) mass is 382 g/mol. The first-order chi connectivity index (χ1) is 13.6. The van der Waals surface area contributed by atoms with Gasteiger partial charge in [0.15, 0.2) is 11.5 Å². The molecule has 0 saturated carbocycles. The highest BCUT2D eigenvalue weighted by Crippen LogP contribution is 2.37. The lowest BCUT2D eigenvalue weighted by Gasteiger charge is -2.15. The van der Waals surface area contributed by atoms with Gasteiger partial charge in [0.1, 0.15) is 0 Å². The van der Waals surface area contributed by atoms with E-state index in [9.17, 15) is 14.7 Å². The molecule has 0 atom stereocenters. The van der Waals surface area contributed by atoms with Crippen LogP contribution < -0.4 is 15.1 Å². The van der Waals surface area contributed by atoms with E-state index in [1.54, 1.807) is 42.5 Å². The van der Waals surface area contributed by atoms with Crippen LogP contribution in [0, 0.1) is 0 Å². The molecule has 0 saturated heterocycles. The molecule has 0 fully saturated rings. The molecule has 146 valence electrons. The number of rotatable bonds is 8. The summed E-state index contributed by atoms with van der Waals surface area (Å²) in [6.45, 7) is 5.06. The SMILES string of the molecule is CCCOc1ccc(-c2c(C(=O)O)oc(=O)c3ccccc23)cc1OCCC. The van der Waals surface area contributed by atoms with Gasteiger partial charge in [-0.15, -0.1) is 0 Å². The fourth-order valence-corrected chi connectivity index (χ4v) is 2.96. The van der Waals surface area contributed by atoms with E-state index < -0.39 is 17.4 Å². The van der Waals surface area contributed by atoms with Crippen molar-refractivity contribution in [1.82, 2.24) is 0 Å². The minimum absolute atomic E-state index is 0.324. The Labute approximate surface area is 162 Å². The van der Waals surface area contributed by atoms with E-state index in [2.05, 4.69) is 0 Å². The van der Waals surface area contributed by atoms with Gasteiger partial charge < -0.3 is 19.0 Å². The molecule has 6 nitrogen and oxygen atoms in total. The lowest BCUT2D eigenvalue weighted by atomic mass is 9.98. The summed E-state index contributed by atoms with van der Waals surface area (Å²) < 4.78 is 16.7. The molecule has 3 aromatic rings. The molecule has 0 amide bonds. The van der Waals surface area contributed by atoms with Crippen molar-refractivity contribution in [2.24, 2.45) is 0 Å². The number of hydrogen-bond acceptors (Lipinski definition) is 5. The predicted octanol–water partition coefficient (Wildman–Crippen LogP) is 4.74. The van der Waals surface area contributed by atoms with Gasteiger partial charge in [-0.25, -0.2) is 9.59 Å². The first-order valence-electron chi connectivity index (χ1n) is 9.26. The quantitative estimate of drug-likeness (QED) is 0.606. The topological polar surface area (TPSA) is 86.0 Å². The predicted molar refractivity (Wildman–Crippen MR) is 106 cm³/mol. The van der Waals surface area contributed by atoms with Crippen molar-refractivity contribution < 1.29 is 23.8 Å². The molecule has 1 N–H and O–H groups in total. The molecule has 0 aliphatic carbocycles. The van der Waals surface area contributed by atoms with Crippen LogP contribution in [0.3, 0.4) is 0 Å². The van der Waals surface area contributed by atoms with Gasteiger partial charge in [0.2, 0.25) is 5.76 Å². The number of carboxylic acids is 1. The molecule has 0 aliphatic rings. The van der Waals surface area contributed by atoms with E-state index >= 15 is 0 Å². The maximum absolute atomic E-state index is 12.2. The molecule has 1 aromatic heterocycles. The van der Waals surface area contributed by atoms with Crippen molar-refractivity contribution >= 4 is 16.7 Å². The highest BCUT2D eigenvalue weighted by Gasteiger charge is 2.21. The first-order valence-corrected chi connectivity index (χ1v) is 9.26. The summed E-state index contributed by atoms with van der Waals surface area (Å²) in [5.41, 5.74) is 0.237. The number of benzene rings is 2. The Hall–Kier alpha value is -3.28. The standard InChI is InChI=1S/C22H22O6/c1-3-11-26-17-10-9-14(13-18(17)27-12-4-2)19-15-7-5-6-8-16(15)22(25)28-20(19)21(23)24/h5-10,13H,3-4,11-12H2,1-2H3,(H,23,24). The van der Waals surface area contributed by atoms with Crippen LogP contribution >= 0.6 is 0 Å². The zero-order valence-corrected chi connectivity index (χ0v) is 15.9. The Morgan fingerprint density at radius 2 is 1.61 bits per heavy atom. The molecule has 0 bridgehead atoms. The molecule has 0 radical (unpaired) electrons. The molecule has 3 rings (SSSR count). The van der Waals surface area contributed by atoms with Crippen molar-refractivity contribution in [3.8, 4) is 22.6 Å². The van der Waals surface area contributed by atoms with Crippen LogP contribution in [0.1, 0.15) is 37.2 Å². The Bertz CT molecular complexity index is 1050. The second kappa shape index (κ2) is 8.61. The Kier molecular flexibility index (Phi) is 5.99. The number of carboxylic acid groups (broad SMARTS) is 1. The van der Waals surface area contributed by atoms with E-state index in [1.807, 2.05) is 13.8 Å². The zero-order chi connectivity index (χ0) is 20.1. The molecular weight excluding hydrogens is 360 g/mol. The summed E-state index contributed by atoms with van der Waals surface area (Å²) in [4.78, 5) is 24.0. The molecule has 0 unspecified atom stereocenters. The normalized spacial score (nSPS) is 10.8. The lowest BCUT2D eigenvalue weighted by Crippen LogP contribution is -2.09. The van der Waals surface area contributed by atoms with Crippen molar-refractivity contribution in [1.29, 1.82) is 0 Å². The fraction of sp³-hybridized carbons (Fsp3) is 0.273. The summed E-state index contributed by atoms with van der Waals surface area (Å²) in [7, 11) is 0. The minimum Gasteiger partial charge on any atom is -0.490 e. The van der Waals surface area contributed by atoms with Crippen LogP contribution in [0.2, 0.25) is 0 Å². The first kappa shape index (κ1) is 19.5. The molecule has 0 spiro atoms. The maximum atomic E-state index is 12.2. The van der Waals surface area contributed by atoms with E-state index in [0.29, 0.717) is 46.6 Å². The number of hydrogen-bond donors (Lipinski definition) is 1. The lowest BCUT2D eigenvalue weighted by molar-refractivity contribution is 0.0659. The van der Waals surface area contributed by atoms with E-state index in [4.69, 9.17) is 13.9 Å². The minimum atomic E-state index is -1.31. The van der Waals surface area contributed by atoms with Crippen LogP contribution in [-0.2, 0) is 0 Å². The number of ether oxygens (including phenoxy) is 2. The third kappa shape index (κ3) is 3.86. The zero-order valence-electron chi connectivity index (χ0n) is 15.9. The van der Waals surface area contributed by atoms with Crippen molar-refractivity contribution in [2.75, 3.05) is 13.2 Å². The highest BCUT2D eigenvalue weighted by atomic mass is 16.5. The van der Waals surface area contributed by atoms with Crippen LogP contribution in [0.4, 0.5) is 0 Å². The van der Waals surface area contributed by atoms with Crippen molar-refractivity contribution in [2.45, 2.75) is 26.7 Å². The van der Waals surface area contributed by atoms with Crippen LogP contribution in [0.15, 0.2) is 51.7 Å². The van der Waals surface area contributed by atoms with Gasteiger partial charge >= 0.3 is 11.6 Å². The Morgan fingerprint density at radius 3 is 2.25 bits per heavy atom. The van der Waals surface area contributed by atoms with Gasteiger partial charge in [0.05, 0.1) is 18.6 Å². The average Bonchev–Trinajstić information content (AvgIpc) is 2.71. The van der Waals surface area contributed by atoms with Gasteiger partial charge in [-0.05, 0) is 36.6 Å². The Balaban J connectivity index is 2.23. The molecule has 28 heavy (non-hydrogen) atoms. The van der Waals surface area contributed by atoms with E-state index in [0.717, 1.165) is 12.8 Å². The van der Waals surface area contributed by atoms with Crippen molar-refractivity contribution in [3.05, 3.63) is 58.6 Å².